The van der Waals surface area contributed by atoms with Gasteiger partial charge in [-0.3, -0.25) is 10.1 Å². The van der Waals surface area contributed by atoms with Crippen LogP contribution in [-0.4, -0.2) is 29.8 Å². The summed E-state index contributed by atoms with van der Waals surface area (Å²) in [6, 6.07) is 5.67. The SMILES string of the molecule is Cc1cc(OCC(NC2CC2)C(=O)O)ccc1C(C)C. The molecule has 0 spiro atoms. The van der Waals surface area contributed by atoms with Crippen molar-refractivity contribution in [2.45, 2.75) is 51.6 Å². The van der Waals surface area contributed by atoms with E-state index in [1.807, 2.05) is 12.1 Å². The van der Waals surface area contributed by atoms with E-state index in [1.165, 1.54) is 11.1 Å². The van der Waals surface area contributed by atoms with Gasteiger partial charge in [0.05, 0.1) is 0 Å². The summed E-state index contributed by atoms with van der Waals surface area (Å²) >= 11 is 0. The van der Waals surface area contributed by atoms with Crippen molar-refractivity contribution in [1.82, 2.24) is 5.32 Å². The zero-order chi connectivity index (χ0) is 14.7. The van der Waals surface area contributed by atoms with Gasteiger partial charge in [-0.2, -0.15) is 0 Å². The molecule has 4 heteroatoms. The average Bonchev–Trinajstić information content (AvgIpc) is 3.17. The Morgan fingerprint density at radius 1 is 1.45 bits per heavy atom. The molecule has 2 rings (SSSR count). The number of carboxylic acids is 1. The molecule has 2 N–H and O–H groups in total. The molecule has 1 aliphatic rings. The van der Waals surface area contributed by atoms with E-state index in [4.69, 9.17) is 9.84 Å². The number of carboxylic acid groups (broad SMARTS) is 1. The van der Waals surface area contributed by atoms with Crippen LogP contribution in [-0.2, 0) is 4.79 Å². The van der Waals surface area contributed by atoms with E-state index >= 15 is 0 Å². The van der Waals surface area contributed by atoms with Gasteiger partial charge in [0.1, 0.15) is 18.4 Å². The molecule has 1 fully saturated rings. The minimum Gasteiger partial charge on any atom is -0.491 e. The van der Waals surface area contributed by atoms with E-state index in [9.17, 15) is 4.79 Å². The molecule has 1 aliphatic carbocycles. The van der Waals surface area contributed by atoms with Crippen LogP contribution in [0.3, 0.4) is 0 Å². The van der Waals surface area contributed by atoms with E-state index in [-0.39, 0.29) is 6.61 Å². The molecule has 1 saturated carbocycles. The maximum atomic E-state index is 11.2. The predicted octanol–water partition coefficient (Wildman–Crippen LogP) is 2.70. The number of rotatable bonds is 7. The van der Waals surface area contributed by atoms with Crippen molar-refractivity contribution in [3.63, 3.8) is 0 Å². The molecule has 0 bridgehead atoms. The molecule has 1 aromatic rings. The minimum atomic E-state index is -0.854. The van der Waals surface area contributed by atoms with Crippen LogP contribution in [0.25, 0.3) is 0 Å². The number of aliphatic carboxylic acids is 1. The summed E-state index contributed by atoms with van der Waals surface area (Å²) in [7, 11) is 0. The van der Waals surface area contributed by atoms with Crippen LogP contribution in [0.1, 0.15) is 43.7 Å². The highest BCUT2D eigenvalue weighted by Gasteiger charge is 2.28. The van der Waals surface area contributed by atoms with Gasteiger partial charge in [0.2, 0.25) is 0 Å². The number of ether oxygens (including phenoxy) is 1. The van der Waals surface area contributed by atoms with Crippen molar-refractivity contribution >= 4 is 5.97 Å². The number of carbonyl (C=O) groups is 1. The summed E-state index contributed by atoms with van der Waals surface area (Å²) in [5.41, 5.74) is 2.47. The van der Waals surface area contributed by atoms with Gasteiger partial charge < -0.3 is 9.84 Å². The predicted molar refractivity (Wildman–Crippen MR) is 78.3 cm³/mol. The Bertz CT molecular complexity index is 481. The lowest BCUT2D eigenvalue weighted by Gasteiger charge is -2.16. The summed E-state index contributed by atoms with van der Waals surface area (Å²) in [6.45, 7) is 6.53. The smallest absolute Gasteiger partial charge is 0.324 e. The molecule has 1 unspecified atom stereocenters. The lowest BCUT2D eigenvalue weighted by Crippen LogP contribution is -2.42. The zero-order valence-corrected chi connectivity index (χ0v) is 12.3. The van der Waals surface area contributed by atoms with Gasteiger partial charge in [-0.05, 0) is 48.9 Å². The third-order valence-corrected chi connectivity index (χ3v) is 3.59. The Morgan fingerprint density at radius 3 is 2.65 bits per heavy atom. The normalized spacial score (nSPS) is 16.2. The van der Waals surface area contributed by atoms with Crippen LogP contribution in [0.2, 0.25) is 0 Å². The fourth-order valence-corrected chi connectivity index (χ4v) is 2.29. The molecule has 0 radical (unpaired) electrons. The van der Waals surface area contributed by atoms with E-state index < -0.39 is 12.0 Å². The molecule has 0 aliphatic heterocycles. The van der Waals surface area contributed by atoms with Gasteiger partial charge >= 0.3 is 5.97 Å². The average molecular weight is 277 g/mol. The molecular formula is C16H23NO3. The van der Waals surface area contributed by atoms with Gasteiger partial charge in [-0.25, -0.2) is 0 Å². The first-order valence-corrected chi connectivity index (χ1v) is 7.19. The van der Waals surface area contributed by atoms with E-state index in [1.54, 1.807) is 0 Å². The van der Waals surface area contributed by atoms with E-state index in [0.717, 1.165) is 18.6 Å². The Hall–Kier alpha value is -1.55. The Balaban J connectivity index is 1.95. The molecule has 0 heterocycles. The lowest BCUT2D eigenvalue weighted by atomic mass is 9.98. The highest BCUT2D eigenvalue weighted by atomic mass is 16.5. The molecule has 4 nitrogen and oxygen atoms in total. The molecule has 0 aromatic heterocycles. The Kier molecular flexibility index (Phi) is 4.65. The first kappa shape index (κ1) is 14.9. The molecule has 20 heavy (non-hydrogen) atoms. The third-order valence-electron chi connectivity index (χ3n) is 3.59. The zero-order valence-electron chi connectivity index (χ0n) is 12.3. The van der Waals surface area contributed by atoms with Gasteiger partial charge in [0.25, 0.3) is 0 Å². The molecular weight excluding hydrogens is 254 g/mol. The summed E-state index contributed by atoms with van der Waals surface area (Å²) < 4.78 is 5.63. The second-order valence-corrected chi connectivity index (χ2v) is 5.82. The summed E-state index contributed by atoms with van der Waals surface area (Å²) in [5.74, 6) is 0.357. The van der Waals surface area contributed by atoms with Crippen molar-refractivity contribution < 1.29 is 14.6 Å². The first-order valence-electron chi connectivity index (χ1n) is 7.19. The van der Waals surface area contributed by atoms with Crippen molar-refractivity contribution in [3.8, 4) is 5.75 Å². The summed E-state index contributed by atoms with van der Waals surface area (Å²) in [5, 5.41) is 12.2. The van der Waals surface area contributed by atoms with Crippen molar-refractivity contribution in [1.29, 1.82) is 0 Å². The minimum absolute atomic E-state index is 0.159. The molecule has 0 amide bonds. The second-order valence-electron chi connectivity index (χ2n) is 5.82. The Labute approximate surface area is 120 Å². The van der Waals surface area contributed by atoms with Crippen LogP contribution in [0.15, 0.2) is 18.2 Å². The highest BCUT2D eigenvalue weighted by Crippen LogP contribution is 2.24. The number of hydrogen-bond acceptors (Lipinski definition) is 3. The fraction of sp³-hybridized carbons (Fsp3) is 0.562. The van der Waals surface area contributed by atoms with Crippen LogP contribution in [0, 0.1) is 6.92 Å². The monoisotopic (exact) mass is 277 g/mol. The highest BCUT2D eigenvalue weighted by molar-refractivity contribution is 5.73. The molecule has 1 aromatic carbocycles. The largest absolute Gasteiger partial charge is 0.491 e. The topological polar surface area (TPSA) is 58.6 Å². The van der Waals surface area contributed by atoms with Crippen LogP contribution in [0.4, 0.5) is 0 Å². The van der Waals surface area contributed by atoms with Gasteiger partial charge in [0.15, 0.2) is 0 Å². The third kappa shape index (κ3) is 3.97. The van der Waals surface area contributed by atoms with Gasteiger partial charge in [-0.15, -0.1) is 0 Å². The quantitative estimate of drug-likeness (QED) is 0.804. The fourth-order valence-electron chi connectivity index (χ4n) is 2.29. The Morgan fingerprint density at radius 2 is 2.15 bits per heavy atom. The lowest BCUT2D eigenvalue weighted by molar-refractivity contribution is -0.140. The van der Waals surface area contributed by atoms with Gasteiger partial charge in [-0.1, -0.05) is 19.9 Å². The van der Waals surface area contributed by atoms with E-state index in [0.29, 0.717) is 12.0 Å². The maximum absolute atomic E-state index is 11.2. The van der Waals surface area contributed by atoms with Gasteiger partial charge in [0, 0.05) is 6.04 Å². The number of aryl methyl sites for hydroxylation is 1. The molecule has 1 atom stereocenters. The second kappa shape index (κ2) is 6.27. The summed E-state index contributed by atoms with van der Waals surface area (Å²) in [4.78, 5) is 11.2. The molecule has 110 valence electrons. The summed E-state index contributed by atoms with van der Waals surface area (Å²) in [6.07, 6.45) is 2.12. The number of hydrogen-bond donors (Lipinski definition) is 2. The van der Waals surface area contributed by atoms with E-state index in [2.05, 4.69) is 32.2 Å². The van der Waals surface area contributed by atoms with Crippen molar-refractivity contribution in [3.05, 3.63) is 29.3 Å². The standard InChI is InChI=1S/C16H23NO3/c1-10(2)14-7-6-13(8-11(14)3)20-9-15(16(18)19)17-12-4-5-12/h6-8,10,12,15,17H,4-5,9H2,1-3H3,(H,18,19). The molecule has 0 saturated heterocycles. The first-order chi connectivity index (χ1) is 9.47. The van der Waals surface area contributed by atoms with Crippen molar-refractivity contribution in [2.24, 2.45) is 0 Å². The van der Waals surface area contributed by atoms with Crippen LogP contribution >= 0.6 is 0 Å². The number of nitrogens with one attached hydrogen (secondary N) is 1. The van der Waals surface area contributed by atoms with Crippen LogP contribution < -0.4 is 10.1 Å². The maximum Gasteiger partial charge on any atom is 0.324 e. The van der Waals surface area contributed by atoms with Crippen molar-refractivity contribution in [2.75, 3.05) is 6.61 Å². The van der Waals surface area contributed by atoms with Crippen LogP contribution in [0.5, 0.6) is 5.75 Å². The number of benzene rings is 1.